The van der Waals surface area contributed by atoms with E-state index in [-0.39, 0.29) is 0 Å². The Morgan fingerprint density at radius 3 is 1.50 bits per heavy atom. The fourth-order valence-corrected chi connectivity index (χ4v) is 1.57. The van der Waals surface area contributed by atoms with Crippen LogP contribution in [0.2, 0.25) is 0 Å². The van der Waals surface area contributed by atoms with Gasteiger partial charge in [-0.05, 0) is 48.0 Å². The highest BCUT2D eigenvalue weighted by Crippen LogP contribution is 2.19. The molecule has 2 amide bonds. The van der Waals surface area contributed by atoms with Gasteiger partial charge in [-0.15, -0.1) is 0 Å². The van der Waals surface area contributed by atoms with Gasteiger partial charge in [-0.3, -0.25) is 4.79 Å². The fourth-order valence-electron chi connectivity index (χ4n) is 1.57. The maximum atomic E-state index is 12.3. The molecule has 0 spiro atoms. The van der Waals surface area contributed by atoms with Crippen LogP contribution >= 0.6 is 0 Å². The van der Waals surface area contributed by atoms with Crippen LogP contribution in [0.3, 0.4) is 0 Å². The third-order valence-corrected chi connectivity index (χ3v) is 2.41. The van der Waals surface area contributed by atoms with Crippen molar-refractivity contribution in [2.24, 2.45) is 0 Å². The van der Waals surface area contributed by atoms with E-state index in [0.29, 0.717) is 4.90 Å². The second kappa shape index (κ2) is 7.98. The van der Waals surface area contributed by atoms with Crippen molar-refractivity contribution in [3.63, 3.8) is 0 Å². The lowest BCUT2D eigenvalue weighted by atomic mass is 10.1. The van der Waals surface area contributed by atoms with Gasteiger partial charge in [0.25, 0.3) is 0 Å². The molecule has 0 aliphatic heterocycles. The van der Waals surface area contributed by atoms with Crippen LogP contribution in [0.15, 0.2) is 0 Å². The van der Waals surface area contributed by atoms with Crippen LogP contribution in [0.25, 0.3) is 0 Å². The van der Waals surface area contributed by atoms with Gasteiger partial charge in [-0.25, -0.2) is 14.4 Å². The third-order valence-electron chi connectivity index (χ3n) is 2.41. The zero-order valence-corrected chi connectivity index (χ0v) is 14.8. The molecule has 0 aromatic rings. The van der Waals surface area contributed by atoms with Gasteiger partial charge >= 0.3 is 24.1 Å². The SMILES string of the molecule is CC(C)(C)OC(=O)N(C(=O)OC(C)(C)C)C(CCC(=O)O)C(=O)O. The van der Waals surface area contributed by atoms with Crippen molar-refractivity contribution in [3.05, 3.63) is 0 Å². The number of rotatable bonds is 5. The summed E-state index contributed by atoms with van der Waals surface area (Å²) in [6.45, 7) is 9.28. The Balaban J connectivity index is 5.62. The Hall–Kier alpha value is -2.32. The molecule has 1 unspecified atom stereocenters. The molecule has 0 aromatic carbocycles. The highest BCUT2D eigenvalue weighted by molar-refractivity contribution is 5.93. The number of ether oxygens (including phenoxy) is 2. The van der Waals surface area contributed by atoms with Crippen molar-refractivity contribution in [1.29, 1.82) is 0 Å². The van der Waals surface area contributed by atoms with Gasteiger partial charge in [-0.1, -0.05) is 0 Å². The van der Waals surface area contributed by atoms with Crippen LogP contribution in [-0.4, -0.2) is 56.5 Å². The van der Waals surface area contributed by atoms with Gasteiger partial charge in [-0.2, -0.15) is 4.90 Å². The number of carbonyl (C=O) groups excluding carboxylic acids is 2. The lowest BCUT2D eigenvalue weighted by Crippen LogP contribution is -2.52. The Kier molecular flexibility index (Phi) is 7.21. The molecule has 2 N–H and O–H groups in total. The summed E-state index contributed by atoms with van der Waals surface area (Å²) < 4.78 is 10.1. The molecule has 0 bridgehead atoms. The quantitative estimate of drug-likeness (QED) is 0.775. The van der Waals surface area contributed by atoms with Crippen LogP contribution in [-0.2, 0) is 19.1 Å². The number of hydrogen-bond donors (Lipinski definition) is 2. The molecule has 1 atom stereocenters. The average molecular weight is 347 g/mol. The van der Waals surface area contributed by atoms with Gasteiger partial charge in [0.1, 0.15) is 17.2 Å². The molecular formula is C15H25NO8. The summed E-state index contributed by atoms with van der Waals surface area (Å²) >= 11 is 0. The van der Waals surface area contributed by atoms with Gasteiger partial charge in [0, 0.05) is 6.42 Å². The lowest BCUT2D eigenvalue weighted by molar-refractivity contribution is -0.144. The molecule has 0 rings (SSSR count). The summed E-state index contributed by atoms with van der Waals surface area (Å²) in [5, 5.41) is 18.0. The largest absolute Gasteiger partial charge is 0.481 e. The third kappa shape index (κ3) is 8.35. The average Bonchev–Trinajstić information content (AvgIpc) is 2.28. The number of carbonyl (C=O) groups is 4. The van der Waals surface area contributed by atoms with Crippen LogP contribution in [0.4, 0.5) is 9.59 Å². The predicted molar refractivity (Wildman–Crippen MR) is 82.6 cm³/mol. The molecular weight excluding hydrogens is 322 g/mol. The number of amides is 2. The molecule has 9 nitrogen and oxygen atoms in total. The van der Waals surface area contributed by atoms with Crippen molar-refractivity contribution in [2.75, 3.05) is 0 Å². The van der Waals surface area contributed by atoms with Gasteiger partial charge in [0.2, 0.25) is 0 Å². The number of hydrogen-bond acceptors (Lipinski definition) is 6. The molecule has 0 saturated carbocycles. The van der Waals surface area contributed by atoms with E-state index in [9.17, 15) is 24.3 Å². The smallest absolute Gasteiger partial charge is 0.420 e. The molecule has 0 aromatic heterocycles. The summed E-state index contributed by atoms with van der Waals surface area (Å²) in [7, 11) is 0. The number of imide groups is 1. The Labute approximate surface area is 140 Å². The van der Waals surface area contributed by atoms with E-state index in [4.69, 9.17) is 14.6 Å². The van der Waals surface area contributed by atoms with E-state index < -0.39 is 54.2 Å². The standard InChI is InChI=1S/C15H25NO8/c1-14(2,3)23-12(21)16(13(22)24-15(4,5)6)9(11(19)20)7-8-10(17)18/h9H,7-8H2,1-6H3,(H,17,18)(H,19,20). The first-order valence-electron chi connectivity index (χ1n) is 7.34. The summed E-state index contributed by atoms with van der Waals surface area (Å²) in [5.41, 5.74) is -1.96. The van der Waals surface area contributed by atoms with Crippen LogP contribution in [0, 0.1) is 0 Å². The molecule has 0 heterocycles. The first-order valence-corrected chi connectivity index (χ1v) is 7.34. The van der Waals surface area contributed by atoms with E-state index in [1.807, 2.05) is 0 Å². The minimum atomic E-state index is -1.72. The predicted octanol–water partition coefficient (Wildman–Crippen LogP) is 2.48. The molecule has 24 heavy (non-hydrogen) atoms. The maximum absolute atomic E-state index is 12.3. The minimum Gasteiger partial charge on any atom is -0.481 e. The molecule has 0 aliphatic carbocycles. The second-order valence-electron chi connectivity index (χ2n) is 7.12. The Morgan fingerprint density at radius 2 is 1.25 bits per heavy atom. The summed E-state index contributed by atoms with van der Waals surface area (Å²) in [5.74, 6) is -2.79. The summed E-state index contributed by atoms with van der Waals surface area (Å²) in [6, 6.07) is -1.72. The normalized spacial score (nSPS) is 12.9. The highest BCUT2D eigenvalue weighted by atomic mass is 16.6. The first-order chi connectivity index (χ1) is 10.6. The maximum Gasteiger partial charge on any atom is 0.420 e. The van der Waals surface area contributed by atoms with Crippen molar-refractivity contribution in [2.45, 2.75) is 71.6 Å². The summed E-state index contributed by atoms with van der Waals surface area (Å²) in [6.07, 6.45) is -3.44. The van der Waals surface area contributed by atoms with Crippen molar-refractivity contribution in [3.8, 4) is 0 Å². The van der Waals surface area contributed by atoms with E-state index in [1.54, 1.807) is 41.5 Å². The lowest BCUT2D eigenvalue weighted by Gasteiger charge is -2.31. The molecule has 9 heteroatoms. The number of aliphatic carboxylic acids is 2. The van der Waals surface area contributed by atoms with Crippen molar-refractivity contribution >= 4 is 24.1 Å². The van der Waals surface area contributed by atoms with E-state index >= 15 is 0 Å². The van der Waals surface area contributed by atoms with Gasteiger partial charge < -0.3 is 19.7 Å². The van der Waals surface area contributed by atoms with Crippen LogP contribution < -0.4 is 0 Å². The van der Waals surface area contributed by atoms with E-state index in [2.05, 4.69) is 0 Å². The fraction of sp³-hybridized carbons (Fsp3) is 0.733. The Morgan fingerprint density at radius 1 is 0.875 bits per heavy atom. The zero-order valence-electron chi connectivity index (χ0n) is 14.8. The van der Waals surface area contributed by atoms with Crippen LogP contribution in [0.5, 0.6) is 0 Å². The van der Waals surface area contributed by atoms with Gasteiger partial charge in [0.05, 0.1) is 0 Å². The van der Waals surface area contributed by atoms with Crippen LogP contribution in [0.1, 0.15) is 54.4 Å². The topological polar surface area (TPSA) is 130 Å². The van der Waals surface area contributed by atoms with Gasteiger partial charge in [0.15, 0.2) is 0 Å². The zero-order chi connectivity index (χ0) is 19.3. The molecule has 138 valence electrons. The summed E-state index contributed by atoms with van der Waals surface area (Å²) in [4.78, 5) is 47.0. The molecule has 0 saturated heterocycles. The minimum absolute atomic E-state index is 0.307. The Bertz CT molecular complexity index is 473. The second-order valence-corrected chi connectivity index (χ2v) is 7.12. The molecule has 0 radical (unpaired) electrons. The van der Waals surface area contributed by atoms with Crippen molar-refractivity contribution in [1.82, 2.24) is 4.90 Å². The monoisotopic (exact) mass is 347 g/mol. The molecule has 0 fully saturated rings. The number of carboxylic acids is 2. The van der Waals surface area contributed by atoms with E-state index in [0.717, 1.165) is 0 Å². The van der Waals surface area contributed by atoms with Crippen molar-refractivity contribution < 1.29 is 38.9 Å². The first kappa shape index (κ1) is 21.7. The van der Waals surface area contributed by atoms with E-state index in [1.165, 1.54) is 0 Å². The molecule has 0 aliphatic rings. The number of carboxylic acid groups (broad SMARTS) is 2. The highest BCUT2D eigenvalue weighted by Gasteiger charge is 2.40. The number of nitrogens with zero attached hydrogens (tertiary/aromatic N) is 1.